The number of carbonyl (C=O) groups is 2. The molecule has 0 aromatic heterocycles. The molecule has 1 unspecified atom stereocenters. The Hall–Kier alpha value is -0.610. The molecule has 0 aliphatic heterocycles. The molecule has 0 bridgehead atoms. The molecule has 0 spiro atoms. The van der Waals surface area contributed by atoms with Gasteiger partial charge in [-0.3, -0.25) is 4.79 Å². The van der Waals surface area contributed by atoms with Crippen molar-refractivity contribution in [1.29, 1.82) is 0 Å². The summed E-state index contributed by atoms with van der Waals surface area (Å²) in [6.07, 6.45) is 0.157. The monoisotopic (exact) mass is 208 g/mol. The first-order chi connectivity index (χ1) is 6.05. The Morgan fingerprint density at radius 3 is 2.15 bits per heavy atom. The number of esters is 1. The van der Waals surface area contributed by atoms with Crippen LogP contribution >= 0.6 is 11.6 Å². The highest BCUT2D eigenvalue weighted by molar-refractivity contribution is 6.67. The third kappa shape index (κ3) is 2.42. The van der Waals surface area contributed by atoms with Gasteiger partial charge in [-0.25, -0.2) is 4.79 Å². The SMILES string of the molecule is CCOC(=O)C(CC)(OC)C(=O)Cl. The van der Waals surface area contributed by atoms with Crippen LogP contribution in [0.5, 0.6) is 0 Å². The zero-order chi connectivity index (χ0) is 10.5. The Morgan fingerprint density at radius 1 is 1.38 bits per heavy atom. The van der Waals surface area contributed by atoms with Crippen molar-refractivity contribution in [2.45, 2.75) is 25.9 Å². The summed E-state index contributed by atoms with van der Waals surface area (Å²) >= 11 is 5.27. The molecule has 0 saturated carbocycles. The topological polar surface area (TPSA) is 52.6 Å². The normalized spacial score (nSPS) is 14.8. The summed E-state index contributed by atoms with van der Waals surface area (Å²) in [6, 6.07) is 0. The van der Waals surface area contributed by atoms with E-state index in [9.17, 15) is 9.59 Å². The second kappa shape index (κ2) is 5.19. The Labute approximate surface area is 82.1 Å². The summed E-state index contributed by atoms with van der Waals surface area (Å²) in [7, 11) is 1.25. The predicted octanol–water partition coefficient (Wildman–Crippen LogP) is 1.11. The maximum Gasteiger partial charge on any atom is 0.347 e. The number of hydrogen-bond acceptors (Lipinski definition) is 4. The lowest BCUT2D eigenvalue weighted by molar-refractivity contribution is -0.171. The van der Waals surface area contributed by atoms with E-state index in [4.69, 9.17) is 16.3 Å². The zero-order valence-corrected chi connectivity index (χ0v) is 8.68. The second-order valence-electron chi connectivity index (χ2n) is 2.38. The molecule has 4 nitrogen and oxygen atoms in total. The summed E-state index contributed by atoms with van der Waals surface area (Å²) in [4.78, 5) is 22.3. The van der Waals surface area contributed by atoms with Gasteiger partial charge in [-0.15, -0.1) is 0 Å². The molecule has 13 heavy (non-hydrogen) atoms. The fourth-order valence-electron chi connectivity index (χ4n) is 0.919. The first kappa shape index (κ1) is 12.4. The van der Waals surface area contributed by atoms with Crippen molar-refractivity contribution in [3.05, 3.63) is 0 Å². The fraction of sp³-hybridized carbons (Fsp3) is 0.750. The molecule has 0 radical (unpaired) electrons. The summed E-state index contributed by atoms with van der Waals surface area (Å²) in [5, 5.41) is -0.851. The fourth-order valence-corrected chi connectivity index (χ4v) is 1.21. The highest BCUT2D eigenvalue weighted by atomic mass is 35.5. The van der Waals surface area contributed by atoms with Gasteiger partial charge in [0, 0.05) is 7.11 Å². The number of carbonyl (C=O) groups excluding carboxylic acids is 2. The van der Waals surface area contributed by atoms with Gasteiger partial charge in [-0.1, -0.05) is 6.92 Å². The summed E-state index contributed by atoms with van der Waals surface area (Å²) in [5.74, 6) is -0.736. The van der Waals surface area contributed by atoms with E-state index < -0.39 is 16.8 Å². The van der Waals surface area contributed by atoms with E-state index in [1.54, 1.807) is 13.8 Å². The van der Waals surface area contributed by atoms with Crippen LogP contribution in [0.25, 0.3) is 0 Å². The highest BCUT2D eigenvalue weighted by Crippen LogP contribution is 2.20. The molecule has 5 heteroatoms. The van der Waals surface area contributed by atoms with E-state index in [0.717, 1.165) is 0 Å². The smallest absolute Gasteiger partial charge is 0.347 e. The van der Waals surface area contributed by atoms with Crippen molar-refractivity contribution in [3.63, 3.8) is 0 Å². The largest absolute Gasteiger partial charge is 0.463 e. The van der Waals surface area contributed by atoms with Gasteiger partial charge in [-0.2, -0.15) is 0 Å². The average Bonchev–Trinajstić information content (AvgIpc) is 2.07. The Kier molecular flexibility index (Phi) is 4.95. The van der Waals surface area contributed by atoms with E-state index in [2.05, 4.69) is 4.74 Å². The van der Waals surface area contributed by atoms with Crippen LogP contribution in [0.15, 0.2) is 0 Å². The Bertz CT molecular complexity index is 198. The van der Waals surface area contributed by atoms with Crippen molar-refractivity contribution in [3.8, 4) is 0 Å². The quantitative estimate of drug-likeness (QED) is 0.386. The van der Waals surface area contributed by atoms with E-state index in [-0.39, 0.29) is 13.0 Å². The minimum atomic E-state index is -1.64. The number of ether oxygens (including phenoxy) is 2. The first-order valence-corrected chi connectivity index (χ1v) is 4.35. The molecule has 0 aliphatic carbocycles. The van der Waals surface area contributed by atoms with Crippen LogP contribution in [0.1, 0.15) is 20.3 Å². The van der Waals surface area contributed by atoms with Gasteiger partial charge in [0.25, 0.3) is 5.24 Å². The highest BCUT2D eigenvalue weighted by Gasteiger charge is 2.45. The number of rotatable bonds is 5. The van der Waals surface area contributed by atoms with Crippen molar-refractivity contribution >= 4 is 22.8 Å². The molecule has 0 N–H and O–H groups in total. The van der Waals surface area contributed by atoms with Crippen LogP contribution in [0, 0.1) is 0 Å². The van der Waals surface area contributed by atoms with Crippen LogP contribution in [-0.4, -0.2) is 30.5 Å². The lowest BCUT2D eigenvalue weighted by Crippen LogP contribution is -2.46. The lowest BCUT2D eigenvalue weighted by atomic mass is 10.0. The van der Waals surface area contributed by atoms with Crippen LogP contribution in [-0.2, 0) is 19.1 Å². The third-order valence-electron chi connectivity index (χ3n) is 1.77. The van der Waals surface area contributed by atoms with E-state index in [0.29, 0.717) is 0 Å². The van der Waals surface area contributed by atoms with Gasteiger partial charge in [0.15, 0.2) is 0 Å². The molecular formula is C8H13ClO4. The molecule has 0 amide bonds. The Morgan fingerprint density at radius 2 is 1.92 bits per heavy atom. The summed E-state index contributed by atoms with van der Waals surface area (Å²) in [5.41, 5.74) is -1.64. The summed E-state index contributed by atoms with van der Waals surface area (Å²) in [6.45, 7) is 3.46. The third-order valence-corrected chi connectivity index (χ3v) is 2.07. The second-order valence-corrected chi connectivity index (χ2v) is 2.72. The van der Waals surface area contributed by atoms with Gasteiger partial charge in [0.05, 0.1) is 6.61 Å². The van der Waals surface area contributed by atoms with Crippen LogP contribution in [0.3, 0.4) is 0 Å². The predicted molar refractivity (Wildman–Crippen MR) is 47.5 cm³/mol. The maximum atomic E-state index is 11.3. The molecule has 0 aromatic carbocycles. The molecule has 0 fully saturated rings. The molecule has 76 valence electrons. The maximum absolute atomic E-state index is 11.3. The average molecular weight is 209 g/mol. The molecule has 1 atom stereocenters. The van der Waals surface area contributed by atoms with Crippen LogP contribution in [0.2, 0.25) is 0 Å². The van der Waals surface area contributed by atoms with Crippen LogP contribution in [0.4, 0.5) is 0 Å². The number of methoxy groups -OCH3 is 1. The zero-order valence-electron chi connectivity index (χ0n) is 7.93. The number of hydrogen-bond donors (Lipinski definition) is 0. The van der Waals surface area contributed by atoms with Crippen molar-refractivity contribution in [1.82, 2.24) is 0 Å². The van der Waals surface area contributed by atoms with Crippen molar-refractivity contribution < 1.29 is 19.1 Å². The van der Waals surface area contributed by atoms with Gasteiger partial charge in [0.2, 0.25) is 5.60 Å². The van der Waals surface area contributed by atoms with Gasteiger partial charge in [0.1, 0.15) is 0 Å². The first-order valence-electron chi connectivity index (χ1n) is 3.97. The minimum absolute atomic E-state index is 0.157. The molecule has 0 saturated heterocycles. The molecule has 0 heterocycles. The molecule has 0 aliphatic rings. The lowest BCUT2D eigenvalue weighted by Gasteiger charge is -2.24. The van der Waals surface area contributed by atoms with Crippen LogP contribution < -0.4 is 0 Å². The standard InChI is InChI=1S/C8H13ClO4/c1-4-8(12-3,6(9)10)7(11)13-5-2/h4-5H2,1-3H3. The minimum Gasteiger partial charge on any atom is -0.463 e. The summed E-state index contributed by atoms with van der Waals surface area (Å²) < 4.78 is 9.49. The van der Waals surface area contributed by atoms with Gasteiger partial charge in [-0.05, 0) is 24.9 Å². The van der Waals surface area contributed by atoms with Crippen molar-refractivity contribution in [2.24, 2.45) is 0 Å². The molecule has 0 rings (SSSR count). The van der Waals surface area contributed by atoms with E-state index in [1.165, 1.54) is 7.11 Å². The Balaban J connectivity index is 4.75. The van der Waals surface area contributed by atoms with Gasteiger partial charge >= 0.3 is 5.97 Å². The molecule has 0 aromatic rings. The van der Waals surface area contributed by atoms with E-state index in [1.807, 2.05) is 0 Å². The molecular weight excluding hydrogens is 196 g/mol. The van der Waals surface area contributed by atoms with Crippen molar-refractivity contribution in [2.75, 3.05) is 13.7 Å². The van der Waals surface area contributed by atoms with E-state index >= 15 is 0 Å². The van der Waals surface area contributed by atoms with Gasteiger partial charge < -0.3 is 9.47 Å². The number of halogens is 1.